The van der Waals surface area contributed by atoms with Crippen molar-refractivity contribution in [3.8, 4) is 0 Å². The third-order valence-corrected chi connectivity index (χ3v) is 4.72. The molecule has 0 aliphatic carbocycles. The van der Waals surface area contributed by atoms with Crippen molar-refractivity contribution in [3.63, 3.8) is 0 Å². The third-order valence-electron chi connectivity index (χ3n) is 4.72. The van der Waals surface area contributed by atoms with E-state index in [4.69, 9.17) is 0 Å². The minimum Gasteiger partial charge on any atom is -0.480 e. The Kier molecular flexibility index (Phi) is 6.03. The number of likely N-dealkylation sites (N-methyl/N-ethyl adjacent to an activating group) is 1. The number of carboxylic acid groups (broad SMARTS) is 1. The summed E-state index contributed by atoms with van der Waals surface area (Å²) >= 11 is 0. The number of nitrogens with one attached hydrogen (secondary N) is 1. The number of pyridine rings is 1. The van der Waals surface area contributed by atoms with E-state index in [9.17, 15) is 14.7 Å². The standard InChI is InChI=1S/C20H24N4O3/c1-23-9-11-24(12-10-23)18-14-16(7-8-21-18)19(25)22-17(20(26)27)13-15-5-3-2-4-6-15/h2-8,14,17H,9-13H2,1H3,(H,22,25)(H,26,27)/t17-/m1/s1. The minimum atomic E-state index is -1.06. The molecule has 0 saturated carbocycles. The van der Waals surface area contributed by atoms with E-state index >= 15 is 0 Å². The quantitative estimate of drug-likeness (QED) is 0.798. The Hall–Kier alpha value is -2.93. The largest absolute Gasteiger partial charge is 0.480 e. The Morgan fingerprint density at radius 2 is 1.85 bits per heavy atom. The highest BCUT2D eigenvalue weighted by atomic mass is 16.4. The van der Waals surface area contributed by atoms with Crippen LogP contribution in [-0.2, 0) is 11.2 Å². The molecular weight excluding hydrogens is 344 g/mol. The fourth-order valence-electron chi connectivity index (χ4n) is 3.06. The van der Waals surface area contributed by atoms with Gasteiger partial charge in [0, 0.05) is 44.4 Å². The first-order chi connectivity index (χ1) is 13.0. The van der Waals surface area contributed by atoms with Crippen molar-refractivity contribution < 1.29 is 14.7 Å². The molecular formula is C20H24N4O3. The molecule has 0 bridgehead atoms. The molecule has 0 unspecified atom stereocenters. The van der Waals surface area contributed by atoms with Crippen LogP contribution in [0, 0.1) is 0 Å². The van der Waals surface area contributed by atoms with Crippen molar-refractivity contribution in [2.45, 2.75) is 12.5 Å². The zero-order valence-corrected chi connectivity index (χ0v) is 15.3. The van der Waals surface area contributed by atoms with Gasteiger partial charge in [0.25, 0.3) is 5.91 Å². The summed E-state index contributed by atoms with van der Waals surface area (Å²) in [6.07, 6.45) is 1.83. The summed E-state index contributed by atoms with van der Waals surface area (Å²) in [5.74, 6) is -0.720. The molecule has 0 radical (unpaired) electrons. The minimum absolute atomic E-state index is 0.234. The van der Waals surface area contributed by atoms with Crippen LogP contribution < -0.4 is 10.2 Å². The average molecular weight is 368 g/mol. The van der Waals surface area contributed by atoms with E-state index in [-0.39, 0.29) is 6.42 Å². The summed E-state index contributed by atoms with van der Waals surface area (Å²) in [7, 11) is 2.08. The van der Waals surface area contributed by atoms with Gasteiger partial charge in [-0.3, -0.25) is 4.79 Å². The second-order valence-corrected chi connectivity index (χ2v) is 6.75. The molecule has 1 aromatic heterocycles. The fraction of sp³-hybridized carbons (Fsp3) is 0.350. The normalized spacial score (nSPS) is 16.0. The van der Waals surface area contributed by atoms with Gasteiger partial charge >= 0.3 is 5.97 Å². The molecule has 142 valence electrons. The first-order valence-electron chi connectivity index (χ1n) is 9.00. The number of rotatable bonds is 6. The number of hydrogen-bond acceptors (Lipinski definition) is 5. The van der Waals surface area contributed by atoms with Gasteiger partial charge in [-0.05, 0) is 24.7 Å². The van der Waals surface area contributed by atoms with Crippen molar-refractivity contribution in [2.24, 2.45) is 0 Å². The Balaban J connectivity index is 1.69. The SMILES string of the molecule is CN1CCN(c2cc(C(=O)N[C@H](Cc3ccccc3)C(=O)O)ccn2)CC1. The van der Waals surface area contributed by atoms with Crippen LogP contribution in [0.5, 0.6) is 0 Å². The molecule has 1 aliphatic rings. The van der Waals surface area contributed by atoms with Crippen LogP contribution in [0.15, 0.2) is 48.7 Å². The van der Waals surface area contributed by atoms with Crippen molar-refractivity contribution in [3.05, 3.63) is 59.8 Å². The number of amides is 1. The second kappa shape index (κ2) is 8.64. The molecule has 1 aromatic carbocycles. The van der Waals surface area contributed by atoms with Crippen molar-refractivity contribution in [1.29, 1.82) is 0 Å². The number of aromatic nitrogens is 1. The number of piperazine rings is 1. The van der Waals surface area contributed by atoms with Crippen LogP contribution in [0.3, 0.4) is 0 Å². The molecule has 2 N–H and O–H groups in total. The van der Waals surface area contributed by atoms with Crippen LogP contribution in [0.2, 0.25) is 0 Å². The van der Waals surface area contributed by atoms with E-state index in [0.717, 1.165) is 37.6 Å². The van der Waals surface area contributed by atoms with Crippen molar-refractivity contribution >= 4 is 17.7 Å². The monoisotopic (exact) mass is 368 g/mol. The lowest BCUT2D eigenvalue weighted by Gasteiger charge is -2.33. The molecule has 1 amide bonds. The molecule has 27 heavy (non-hydrogen) atoms. The summed E-state index contributed by atoms with van der Waals surface area (Å²) in [5, 5.41) is 12.1. The third kappa shape index (κ3) is 5.04. The van der Waals surface area contributed by atoms with Gasteiger partial charge in [0.15, 0.2) is 0 Å². The summed E-state index contributed by atoms with van der Waals surface area (Å²) in [6.45, 7) is 3.58. The predicted octanol–water partition coefficient (Wildman–Crippen LogP) is 1.26. The van der Waals surface area contributed by atoms with Gasteiger partial charge in [-0.1, -0.05) is 30.3 Å². The summed E-state index contributed by atoms with van der Waals surface area (Å²) < 4.78 is 0. The fourth-order valence-corrected chi connectivity index (χ4v) is 3.06. The molecule has 2 heterocycles. The van der Waals surface area contributed by atoms with Gasteiger partial charge in [-0.2, -0.15) is 0 Å². The predicted molar refractivity (Wildman–Crippen MR) is 103 cm³/mol. The number of benzene rings is 1. The first-order valence-corrected chi connectivity index (χ1v) is 9.00. The summed E-state index contributed by atoms with van der Waals surface area (Å²) in [5.41, 5.74) is 1.27. The molecule has 1 fully saturated rings. The molecule has 7 heteroatoms. The summed E-state index contributed by atoms with van der Waals surface area (Å²) in [6, 6.07) is 11.6. The Morgan fingerprint density at radius 1 is 1.15 bits per heavy atom. The van der Waals surface area contributed by atoms with Gasteiger partial charge in [0.2, 0.25) is 0 Å². The number of nitrogens with zero attached hydrogens (tertiary/aromatic N) is 3. The molecule has 1 aliphatic heterocycles. The first kappa shape index (κ1) is 18.8. The molecule has 2 aromatic rings. The number of hydrogen-bond donors (Lipinski definition) is 2. The van der Waals surface area contributed by atoms with Crippen LogP contribution >= 0.6 is 0 Å². The molecule has 7 nitrogen and oxygen atoms in total. The van der Waals surface area contributed by atoms with Gasteiger partial charge < -0.3 is 20.2 Å². The van der Waals surface area contributed by atoms with Gasteiger partial charge in [0.1, 0.15) is 11.9 Å². The zero-order valence-electron chi connectivity index (χ0n) is 15.3. The van der Waals surface area contributed by atoms with Crippen LogP contribution in [0.1, 0.15) is 15.9 Å². The van der Waals surface area contributed by atoms with Crippen LogP contribution in [0.25, 0.3) is 0 Å². The van der Waals surface area contributed by atoms with Crippen molar-refractivity contribution in [2.75, 3.05) is 38.1 Å². The number of aliphatic carboxylic acids is 1. The van der Waals surface area contributed by atoms with Gasteiger partial charge in [0.05, 0.1) is 0 Å². The maximum Gasteiger partial charge on any atom is 0.326 e. The van der Waals surface area contributed by atoms with Gasteiger partial charge in [-0.15, -0.1) is 0 Å². The molecule has 0 spiro atoms. The van der Waals surface area contributed by atoms with Crippen LogP contribution in [-0.4, -0.2) is 66.1 Å². The van der Waals surface area contributed by atoms with E-state index in [1.165, 1.54) is 0 Å². The zero-order chi connectivity index (χ0) is 19.2. The van der Waals surface area contributed by atoms with Crippen molar-refractivity contribution in [1.82, 2.24) is 15.2 Å². The topological polar surface area (TPSA) is 85.8 Å². The van der Waals surface area contributed by atoms with Crippen LogP contribution in [0.4, 0.5) is 5.82 Å². The smallest absolute Gasteiger partial charge is 0.326 e. The summed E-state index contributed by atoms with van der Waals surface area (Å²) in [4.78, 5) is 32.9. The number of carbonyl (C=O) groups excluding carboxylic acids is 1. The second-order valence-electron chi connectivity index (χ2n) is 6.75. The Bertz CT molecular complexity index is 789. The highest BCUT2D eigenvalue weighted by Gasteiger charge is 2.22. The van der Waals surface area contributed by atoms with E-state index in [1.54, 1.807) is 18.3 Å². The highest BCUT2D eigenvalue weighted by molar-refractivity contribution is 5.97. The lowest BCUT2D eigenvalue weighted by atomic mass is 10.1. The lowest BCUT2D eigenvalue weighted by Crippen LogP contribution is -2.45. The lowest BCUT2D eigenvalue weighted by molar-refractivity contribution is -0.139. The maximum atomic E-state index is 12.6. The Morgan fingerprint density at radius 3 is 2.52 bits per heavy atom. The van der Waals surface area contributed by atoms with Gasteiger partial charge in [-0.25, -0.2) is 9.78 Å². The number of carbonyl (C=O) groups is 2. The maximum absolute atomic E-state index is 12.6. The molecule has 3 rings (SSSR count). The van der Waals surface area contributed by atoms with E-state index in [2.05, 4.69) is 27.1 Å². The van der Waals surface area contributed by atoms with E-state index in [0.29, 0.717) is 5.56 Å². The average Bonchev–Trinajstić information content (AvgIpc) is 2.69. The Labute approximate surface area is 158 Å². The highest BCUT2D eigenvalue weighted by Crippen LogP contribution is 2.15. The molecule has 1 saturated heterocycles. The van der Waals surface area contributed by atoms with E-state index in [1.807, 2.05) is 30.3 Å². The molecule has 1 atom stereocenters. The van der Waals surface area contributed by atoms with E-state index < -0.39 is 17.9 Å². The number of anilines is 1. The number of carboxylic acids is 1.